The Labute approximate surface area is 105 Å². The first-order chi connectivity index (χ1) is 7.70. The molecule has 0 aliphatic heterocycles. The van der Waals surface area contributed by atoms with Gasteiger partial charge in [0.25, 0.3) is 0 Å². The van der Waals surface area contributed by atoms with Crippen molar-refractivity contribution in [1.29, 1.82) is 5.26 Å². The second-order valence-electron chi connectivity index (χ2n) is 2.94. The Morgan fingerprint density at radius 3 is 3.00 bits per heavy atom. The highest BCUT2D eigenvalue weighted by molar-refractivity contribution is 7.16. The number of nitrogen functional groups attached to an aromatic ring is 1. The maximum atomic E-state index is 8.87. The molecule has 3 N–H and O–H groups in total. The summed E-state index contributed by atoms with van der Waals surface area (Å²) >= 11 is 8.50. The zero-order valence-electron chi connectivity index (χ0n) is 8.03. The van der Waals surface area contributed by atoms with Crippen LogP contribution in [-0.4, -0.2) is 4.37 Å². The second-order valence-corrected chi connectivity index (χ2v) is 5.52. The Bertz CT molecular complexity index is 540. The summed E-state index contributed by atoms with van der Waals surface area (Å²) in [5.74, 6) is 0.277. The van der Waals surface area contributed by atoms with Gasteiger partial charge in [0, 0.05) is 4.88 Å². The van der Waals surface area contributed by atoms with E-state index in [-0.39, 0.29) is 5.82 Å². The third-order valence-corrected chi connectivity index (χ3v) is 3.93. The molecular formula is C9H7ClN4S2. The highest BCUT2D eigenvalue weighted by Gasteiger charge is 2.10. The highest BCUT2D eigenvalue weighted by Crippen LogP contribution is 2.27. The molecule has 82 valence electrons. The lowest BCUT2D eigenvalue weighted by Gasteiger charge is -2.00. The van der Waals surface area contributed by atoms with E-state index >= 15 is 0 Å². The van der Waals surface area contributed by atoms with Gasteiger partial charge in [-0.05, 0) is 23.7 Å². The summed E-state index contributed by atoms with van der Waals surface area (Å²) in [4.78, 5) is 1.10. The predicted octanol–water partition coefficient (Wildman–Crippen LogP) is 2.92. The number of rotatable bonds is 3. The summed E-state index contributed by atoms with van der Waals surface area (Å²) in [7, 11) is 0. The predicted molar refractivity (Wildman–Crippen MR) is 67.9 cm³/mol. The number of thiophene rings is 1. The molecule has 16 heavy (non-hydrogen) atoms. The van der Waals surface area contributed by atoms with Gasteiger partial charge in [-0.1, -0.05) is 11.6 Å². The lowest BCUT2D eigenvalue weighted by Crippen LogP contribution is -1.97. The average molecular weight is 271 g/mol. The van der Waals surface area contributed by atoms with Crippen LogP contribution >= 0.6 is 34.5 Å². The van der Waals surface area contributed by atoms with Crippen LogP contribution in [0.1, 0.15) is 10.4 Å². The van der Waals surface area contributed by atoms with Crippen molar-refractivity contribution in [1.82, 2.24) is 4.37 Å². The number of aromatic nitrogens is 1. The quantitative estimate of drug-likeness (QED) is 0.899. The topological polar surface area (TPSA) is 74.7 Å². The normalized spacial score (nSPS) is 10.0. The van der Waals surface area contributed by atoms with Gasteiger partial charge in [-0.15, -0.1) is 11.3 Å². The lowest BCUT2D eigenvalue weighted by molar-refractivity contribution is 1.20. The summed E-state index contributed by atoms with van der Waals surface area (Å²) in [5, 5.41) is 12.7. The van der Waals surface area contributed by atoms with Crippen LogP contribution < -0.4 is 11.1 Å². The Morgan fingerprint density at radius 1 is 1.56 bits per heavy atom. The molecule has 2 rings (SSSR count). The van der Waals surface area contributed by atoms with Crippen LogP contribution in [0, 0.1) is 11.3 Å². The van der Waals surface area contributed by atoms with Crippen molar-refractivity contribution in [2.45, 2.75) is 6.54 Å². The molecule has 0 fully saturated rings. The standard InChI is InChI=1S/C9H7ClN4S2/c10-7-2-1-5(15-7)4-13-9-6(3-11)8(12)14-16-9/h1-2,13H,4H2,(H2,12,14). The van der Waals surface area contributed by atoms with Crippen molar-refractivity contribution in [3.8, 4) is 6.07 Å². The molecule has 0 aliphatic rings. The van der Waals surface area contributed by atoms with E-state index in [1.165, 1.54) is 22.9 Å². The molecule has 0 saturated heterocycles. The molecule has 4 nitrogen and oxygen atoms in total. The van der Waals surface area contributed by atoms with Gasteiger partial charge >= 0.3 is 0 Å². The van der Waals surface area contributed by atoms with Gasteiger partial charge in [-0.25, -0.2) is 0 Å². The summed E-state index contributed by atoms with van der Waals surface area (Å²) in [6.07, 6.45) is 0. The summed E-state index contributed by atoms with van der Waals surface area (Å²) in [5.41, 5.74) is 5.95. The SMILES string of the molecule is N#Cc1c(N)nsc1NCc1ccc(Cl)s1. The van der Waals surface area contributed by atoms with Crippen molar-refractivity contribution in [3.05, 3.63) is 26.9 Å². The van der Waals surface area contributed by atoms with Gasteiger partial charge in [-0.2, -0.15) is 9.64 Å². The van der Waals surface area contributed by atoms with E-state index in [0.29, 0.717) is 17.1 Å². The smallest absolute Gasteiger partial charge is 0.157 e. The Balaban J connectivity index is 2.08. The Morgan fingerprint density at radius 2 is 2.38 bits per heavy atom. The molecule has 0 bridgehead atoms. The molecule has 7 heteroatoms. The number of halogens is 1. The van der Waals surface area contributed by atoms with Crippen molar-refractivity contribution in [2.75, 3.05) is 11.1 Å². The van der Waals surface area contributed by atoms with Gasteiger partial charge < -0.3 is 11.1 Å². The fourth-order valence-corrected chi connectivity index (χ4v) is 2.83. The van der Waals surface area contributed by atoms with Gasteiger partial charge in [-0.3, -0.25) is 0 Å². The minimum absolute atomic E-state index is 0.277. The summed E-state index contributed by atoms with van der Waals surface area (Å²) in [6.45, 7) is 0.619. The first kappa shape index (κ1) is 11.2. The number of nitrogens with two attached hydrogens (primary N) is 1. The van der Waals surface area contributed by atoms with E-state index in [2.05, 4.69) is 9.69 Å². The van der Waals surface area contributed by atoms with E-state index in [9.17, 15) is 0 Å². The largest absolute Gasteiger partial charge is 0.382 e. The van der Waals surface area contributed by atoms with E-state index in [0.717, 1.165) is 9.21 Å². The van der Waals surface area contributed by atoms with Crippen molar-refractivity contribution >= 4 is 45.3 Å². The lowest BCUT2D eigenvalue weighted by atomic mass is 10.3. The molecular weight excluding hydrogens is 264 g/mol. The highest BCUT2D eigenvalue weighted by atomic mass is 35.5. The average Bonchev–Trinajstić information content (AvgIpc) is 2.82. The number of nitriles is 1. The van der Waals surface area contributed by atoms with Crippen LogP contribution in [0.15, 0.2) is 12.1 Å². The van der Waals surface area contributed by atoms with Crippen molar-refractivity contribution < 1.29 is 0 Å². The van der Waals surface area contributed by atoms with Crippen LogP contribution in [-0.2, 0) is 6.54 Å². The van der Waals surface area contributed by atoms with Gasteiger partial charge in [0.2, 0.25) is 0 Å². The maximum Gasteiger partial charge on any atom is 0.157 e. The van der Waals surface area contributed by atoms with Gasteiger partial charge in [0.05, 0.1) is 10.9 Å². The number of hydrogen-bond acceptors (Lipinski definition) is 6. The number of nitrogens with zero attached hydrogens (tertiary/aromatic N) is 2. The fraction of sp³-hybridized carbons (Fsp3) is 0.111. The number of anilines is 2. The molecule has 0 aliphatic carbocycles. The molecule has 2 heterocycles. The van der Waals surface area contributed by atoms with Crippen LogP contribution in [0.5, 0.6) is 0 Å². The number of hydrogen-bond donors (Lipinski definition) is 2. The summed E-state index contributed by atoms with van der Waals surface area (Å²) < 4.78 is 4.67. The zero-order chi connectivity index (χ0) is 11.5. The van der Waals surface area contributed by atoms with Crippen molar-refractivity contribution in [3.63, 3.8) is 0 Å². The van der Waals surface area contributed by atoms with Crippen LogP contribution in [0.3, 0.4) is 0 Å². The molecule has 0 radical (unpaired) electrons. The van der Waals surface area contributed by atoms with Crippen molar-refractivity contribution in [2.24, 2.45) is 0 Å². The molecule has 0 amide bonds. The molecule has 0 spiro atoms. The minimum atomic E-state index is 0.277. The molecule has 0 saturated carbocycles. The fourth-order valence-electron chi connectivity index (χ4n) is 1.15. The first-order valence-corrected chi connectivity index (χ1v) is 6.31. The minimum Gasteiger partial charge on any atom is -0.382 e. The monoisotopic (exact) mass is 270 g/mol. The third-order valence-electron chi connectivity index (χ3n) is 1.88. The number of nitrogens with one attached hydrogen (secondary N) is 1. The van der Waals surface area contributed by atoms with Crippen LogP contribution in [0.4, 0.5) is 10.8 Å². The van der Waals surface area contributed by atoms with Crippen LogP contribution in [0.2, 0.25) is 4.34 Å². The molecule has 2 aromatic rings. The Kier molecular flexibility index (Phi) is 3.29. The molecule has 0 aromatic carbocycles. The third kappa shape index (κ3) is 2.27. The molecule has 0 atom stereocenters. The zero-order valence-corrected chi connectivity index (χ0v) is 10.4. The van der Waals surface area contributed by atoms with E-state index < -0.39 is 0 Å². The van der Waals surface area contributed by atoms with Gasteiger partial charge in [0.1, 0.15) is 16.6 Å². The summed E-state index contributed by atoms with van der Waals surface area (Å²) in [6, 6.07) is 5.81. The van der Waals surface area contributed by atoms with E-state index in [1.807, 2.05) is 18.2 Å². The maximum absolute atomic E-state index is 8.87. The van der Waals surface area contributed by atoms with Gasteiger partial charge in [0.15, 0.2) is 5.82 Å². The molecule has 0 unspecified atom stereocenters. The molecule has 2 aromatic heterocycles. The second kappa shape index (κ2) is 4.70. The van der Waals surface area contributed by atoms with Crippen LogP contribution in [0.25, 0.3) is 0 Å². The Hall–Kier alpha value is -1.29. The first-order valence-electron chi connectivity index (χ1n) is 4.34. The van der Waals surface area contributed by atoms with E-state index in [4.69, 9.17) is 22.6 Å². The van der Waals surface area contributed by atoms with E-state index in [1.54, 1.807) is 0 Å².